The molecule has 1 heterocycles. The van der Waals surface area contributed by atoms with Crippen LogP contribution in [0.1, 0.15) is 52.4 Å². The highest BCUT2D eigenvalue weighted by Crippen LogP contribution is 2.19. The molecule has 166 valence electrons. The number of thioether (sulfide) groups is 1. The van der Waals surface area contributed by atoms with Crippen LogP contribution in [0.15, 0.2) is 34.2 Å². The molecule has 6 nitrogen and oxygen atoms in total. The van der Waals surface area contributed by atoms with Crippen molar-refractivity contribution >= 4 is 28.6 Å². The Morgan fingerprint density at radius 2 is 1.93 bits per heavy atom. The van der Waals surface area contributed by atoms with E-state index in [-0.39, 0.29) is 17.2 Å². The Morgan fingerprint density at radius 1 is 1.17 bits per heavy atom. The van der Waals surface area contributed by atoms with E-state index in [1.54, 1.807) is 11.7 Å². The summed E-state index contributed by atoms with van der Waals surface area (Å²) in [6.45, 7) is 6.34. The Balaban J connectivity index is 2.02. The Labute approximate surface area is 183 Å². The van der Waals surface area contributed by atoms with Gasteiger partial charge in [0.2, 0.25) is 5.91 Å². The van der Waals surface area contributed by atoms with Gasteiger partial charge in [-0.2, -0.15) is 0 Å². The first-order valence-electron chi connectivity index (χ1n) is 10.9. The summed E-state index contributed by atoms with van der Waals surface area (Å²) in [5, 5.41) is 4.13. The molecule has 1 aromatic heterocycles. The highest BCUT2D eigenvalue weighted by molar-refractivity contribution is 7.99. The Morgan fingerprint density at radius 3 is 2.70 bits per heavy atom. The summed E-state index contributed by atoms with van der Waals surface area (Å²) in [6, 6.07) is 7.41. The van der Waals surface area contributed by atoms with Crippen LogP contribution in [-0.2, 0) is 16.1 Å². The maximum absolute atomic E-state index is 13.0. The molecular formula is C23H35N3O3S. The fraction of sp³-hybridized carbons (Fsp3) is 0.609. The summed E-state index contributed by atoms with van der Waals surface area (Å²) in [4.78, 5) is 29.9. The van der Waals surface area contributed by atoms with Crippen molar-refractivity contribution in [1.29, 1.82) is 0 Å². The SMILES string of the molecule is COCCCNC(=O)CSc1nc2ccccc2c(=O)n1CCCCCCC(C)C. The van der Waals surface area contributed by atoms with Crippen LogP contribution in [0.4, 0.5) is 0 Å². The molecule has 0 unspecified atom stereocenters. The number of nitrogens with one attached hydrogen (secondary N) is 1. The number of fused-ring (bicyclic) bond motifs is 1. The van der Waals surface area contributed by atoms with E-state index in [0.29, 0.717) is 35.8 Å². The third-order valence-electron chi connectivity index (χ3n) is 4.92. The van der Waals surface area contributed by atoms with E-state index >= 15 is 0 Å². The van der Waals surface area contributed by atoms with Crippen LogP contribution in [-0.4, -0.2) is 41.5 Å². The zero-order chi connectivity index (χ0) is 21.8. The Hall–Kier alpha value is -1.86. The summed E-state index contributed by atoms with van der Waals surface area (Å²) in [5.41, 5.74) is 0.657. The molecule has 0 fully saturated rings. The monoisotopic (exact) mass is 433 g/mol. The predicted molar refractivity (Wildman–Crippen MR) is 124 cm³/mol. The van der Waals surface area contributed by atoms with Gasteiger partial charge in [-0.1, -0.05) is 63.4 Å². The molecule has 0 aliphatic carbocycles. The molecule has 1 aromatic carbocycles. The standard InChI is InChI=1S/C23H35N3O3S/c1-18(2)11-6-4-5-9-15-26-22(28)19-12-7-8-13-20(19)25-23(26)30-17-21(27)24-14-10-16-29-3/h7-8,12-13,18H,4-6,9-11,14-17H2,1-3H3,(H,24,27). The second-order valence-electron chi connectivity index (χ2n) is 7.95. The molecule has 0 aliphatic rings. The van der Waals surface area contributed by atoms with E-state index in [0.717, 1.165) is 25.2 Å². The first-order valence-corrected chi connectivity index (χ1v) is 11.9. The lowest BCUT2D eigenvalue weighted by molar-refractivity contribution is -0.118. The van der Waals surface area contributed by atoms with Gasteiger partial charge in [-0.3, -0.25) is 14.2 Å². The second-order valence-corrected chi connectivity index (χ2v) is 8.89. The third-order valence-corrected chi connectivity index (χ3v) is 5.90. The van der Waals surface area contributed by atoms with Crippen molar-refractivity contribution in [2.24, 2.45) is 5.92 Å². The minimum atomic E-state index is -0.0567. The third kappa shape index (κ3) is 8.11. The number of para-hydroxylation sites is 1. The van der Waals surface area contributed by atoms with E-state index in [1.807, 2.05) is 24.3 Å². The van der Waals surface area contributed by atoms with Gasteiger partial charge < -0.3 is 10.1 Å². The van der Waals surface area contributed by atoms with E-state index in [9.17, 15) is 9.59 Å². The number of hydrogen-bond acceptors (Lipinski definition) is 5. The lowest BCUT2D eigenvalue weighted by atomic mass is 10.0. The highest BCUT2D eigenvalue weighted by atomic mass is 32.2. The first-order chi connectivity index (χ1) is 14.5. The number of amides is 1. The zero-order valence-corrected chi connectivity index (χ0v) is 19.3. The number of unbranched alkanes of at least 4 members (excludes halogenated alkanes) is 3. The van der Waals surface area contributed by atoms with Gasteiger partial charge in [0.15, 0.2) is 5.16 Å². The van der Waals surface area contributed by atoms with Crippen molar-refractivity contribution < 1.29 is 9.53 Å². The number of carbonyl (C=O) groups excluding carboxylic acids is 1. The quantitative estimate of drug-likeness (QED) is 0.274. The van der Waals surface area contributed by atoms with Crippen molar-refractivity contribution in [3.8, 4) is 0 Å². The molecule has 0 radical (unpaired) electrons. The molecule has 30 heavy (non-hydrogen) atoms. The Bertz CT molecular complexity index is 851. The molecule has 1 N–H and O–H groups in total. The average molecular weight is 434 g/mol. The summed E-state index contributed by atoms with van der Waals surface area (Å²) in [6.07, 6.45) is 6.47. The van der Waals surface area contributed by atoms with E-state index in [2.05, 4.69) is 24.1 Å². The lowest BCUT2D eigenvalue weighted by Crippen LogP contribution is -2.28. The molecule has 2 aromatic rings. The number of methoxy groups -OCH3 is 1. The van der Waals surface area contributed by atoms with Crippen molar-refractivity contribution in [1.82, 2.24) is 14.9 Å². The maximum atomic E-state index is 13.0. The van der Waals surface area contributed by atoms with Crippen molar-refractivity contribution in [3.05, 3.63) is 34.6 Å². The molecule has 2 rings (SSSR count). The van der Waals surface area contributed by atoms with Crippen molar-refractivity contribution in [2.45, 2.75) is 64.1 Å². The van der Waals surface area contributed by atoms with E-state index in [1.165, 1.54) is 31.0 Å². The summed E-state index contributed by atoms with van der Waals surface area (Å²) >= 11 is 1.33. The molecule has 0 atom stereocenters. The molecule has 7 heteroatoms. The van der Waals surface area contributed by atoms with Gasteiger partial charge in [0.25, 0.3) is 5.56 Å². The van der Waals surface area contributed by atoms with Crippen LogP contribution in [0.3, 0.4) is 0 Å². The average Bonchev–Trinajstić information content (AvgIpc) is 2.73. The lowest BCUT2D eigenvalue weighted by Gasteiger charge is -2.13. The normalized spacial score (nSPS) is 11.3. The molecule has 0 spiro atoms. The molecular weight excluding hydrogens is 398 g/mol. The molecule has 0 saturated heterocycles. The van der Waals surface area contributed by atoms with Crippen LogP contribution < -0.4 is 10.9 Å². The fourth-order valence-corrected chi connectivity index (χ4v) is 4.11. The van der Waals surface area contributed by atoms with Crippen LogP contribution in [0.5, 0.6) is 0 Å². The molecule has 0 aliphatic heterocycles. The minimum absolute atomic E-state index is 0.0224. The molecule has 0 bridgehead atoms. The molecule has 1 amide bonds. The number of hydrogen-bond donors (Lipinski definition) is 1. The first kappa shape index (κ1) is 24.4. The smallest absolute Gasteiger partial charge is 0.262 e. The second kappa shape index (κ2) is 13.4. The van der Waals surface area contributed by atoms with Crippen LogP contribution in [0.2, 0.25) is 0 Å². The number of aromatic nitrogens is 2. The summed E-state index contributed by atoms with van der Waals surface area (Å²) in [5.74, 6) is 0.922. The van der Waals surface area contributed by atoms with Gasteiger partial charge in [-0.15, -0.1) is 0 Å². The van der Waals surface area contributed by atoms with Gasteiger partial charge in [0, 0.05) is 26.8 Å². The molecule has 0 saturated carbocycles. The highest BCUT2D eigenvalue weighted by Gasteiger charge is 2.13. The van der Waals surface area contributed by atoms with Gasteiger partial charge >= 0.3 is 0 Å². The number of ether oxygens (including phenoxy) is 1. The number of carbonyl (C=O) groups is 1. The minimum Gasteiger partial charge on any atom is -0.385 e. The number of benzene rings is 1. The topological polar surface area (TPSA) is 73.2 Å². The zero-order valence-electron chi connectivity index (χ0n) is 18.5. The van der Waals surface area contributed by atoms with Crippen molar-refractivity contribution in [3.63, 3.8) is 0 Å². The fourth-order valence-electron chi connectivity index (χ4n) is 3.26. The summed E-state index contributed by atoms with van der Waals surface area (Å²) < 4.78 is 6.74. The van der Waals surface area contributed by atoms with Gasteiger partial charge in [-0.05, 0) is 30.9 Å². The van der Waals surface area contributed by atoms with Crippen LogP contribution in [0.25, 0.3) is 10.9 Å². The van der Waals surface area contributed by atoms with Crippen LogP contribution in [0, 0.1) is 5.92 Å². The van der Waals surface area contributed by atoms with Gasteiger partial charge in [-0.25, -0.2) is 4.98 Å². The van der Waals surface area contributed by atoms with E-state index in [4.69, 9.17) is 4.74 Å². The van der Waals surface area contributed by atoms with Crippen LogP contribution >= 0.6 is 11.8 Å². The largest absolute Gasteiger partial charge is 0.385 e. The van der Waals surface area contributed by atoms with Gasteiger partial charge in [0.05, 0.1) is 16.7 Å². The number of nitrogens with zero attached hydrogens (tertiary/aromatic N) is 2. The Kier molecular flexibility index (Phi) is 10.9. The van der Waals surface area contributed by atoms with Gasteiger partial charge in [0.1, 0.15) is 0 Å². The predicted octanol–water partition coefficient (Wildman–Crippen LogP) is 4.25. The number of rotatable bonds is 14. The van der Waals surface area contributed by atoms with Crippen molar-refractivity contribution in [2.75, 3.05) is 26.0 Å². The maximum Gasteiger partial charge on any atom is 0.262 e. The van der Waals surface area contributed by atoms with E-state index < -0.39 is 0 Å². The summed E-state index contributed by atoms with van der Waals surface area (Å²) in [7, 11) is 1.65.